The molecule has 0 aromatic carbocycles. The van der Waals surface area contributed by atoms with Crippen LogP contribution in [0.5, 0.6) is 0 Å². The highest BCUT2D eigenvalue weighted by atomic mass is 16.6. The van der Waals surface area contributed by atoms with Crippen LogP contribution < -0.4 is 5.11 Å². The Kier molecular flexibility index (Phi) is 5.86. The van der Waals surface area contributed by atoms with Gasteiger partial charge >= 0.3 is 17.9 Å². The third-order valence-electron chi connectivity index (χ3n) is 6.96. The molecule has 2 fully saturated rings. The average Bonchev–Trinajstić information content (AvgIpc) is 2.84. The van der Waals surface area contributed by atoms with Crippen molar-refractivity contribution in [3.63, 3.8) is 0 Å². The zero-order valence-electron chi connectivity index (χ0n) is 18.2. The summed E-state index contributed by atoms with van der Waals surface area (Å²) in [5.41, 5.74) is -2.87. The molecular weight excluding hydrogens is 404 g/mol. The number of ether oxygens (including phenoxy) is 3. The van der Waals surface area contributed by atoms with Crippen molar-refractivity contribution in [2.45, 2.75) is 64.1 Å². The first-order valence-electron chi connectivity index (χ1n) is 10.3. The minimum atomic E-state index is -1.29. The maximum atomic E-state index is 13.4. The number of carboxylic acids is 1. The zero-order valence-corrected chi connectivity index (χ0v) is 18.2. The van der Waals surface area contributed by atoms with Crippen LogP contribution in [0.4, 0.5) is 0 Å². The second kappa shape index (κ2) is 7.98. The number of cyclic esters (lactones) is 1. The quantitative estimate of drug-likeness (QED) is 0.278. The molecule has 3 rings (SSSR count). The molecule has 2 bridgehead atoms. The Hall–Kier alpha value is -2.90. The van der Waals surface area contributed by atoms with Gasteiger partial charge in [-0.2, -0.15) is 0 Å². The van der Waals surface area contributed by atoms with Crippen LogP contribution >= 0.6 is 0 Å². The predicted octanol–water partition coefficient (Wildman–Crippen LogP) is 1.54. The second-order valence-corrected chi connectivity index (χ2v) is 8.65. The number of allylic oxidation sites excluding steroid dienone is 3. The molecule has 1 heterocycles. The molecule has 31 heavy (non-hydrogen) atoms. The highest BCUT2D eigenvalue weighted by molar-refractivity contribution is 5.89. The van der Waals surface area contributed by atoms with Gasteiger partial charge in [0.05, 0.1) is 13.1 Å². The average molecular weight is 431 g/mol. The molecule has 0 aromatic heterocycles. The molecule has 1 saturated heterocycles. The topological polar surface area (TPSA) is 119 Å². The van der Waals surface area contributed by atoms with E-state index >= 15 is 0 Å². The molecular formula is C23H27O8-. The Morgan fingerprint density at radius 3 is 2.58 bits per heavy atom. The first-order chi connectivity index (χ1) is 14.5. The molecule has 3 aliphatic rings. The maximum absolute atomic E-state index is 13.4. The molecule has 1 saturated carbocycles. The van der Waals surface area contributed by atoms with E-state index in [4.69, 9.17) is 14.2 Å². The Morgan fingerprint density at radius 2 is 1.97 bits per heavy atom. The van der Waals surface area contributed by atoms with E-state index in [2.05, 4.69) is 0 Å². The summed E-state index contributed by atoms with van der Waals surface area (Å²) in [6, 6.07) is 0. The van der Waals surface area contributed by atoms with Crippen LogP contribution in [0, 0.1) is 11.3 Å². The van der Waals surface area contributed by atoms with Crippen LogP contribution in [0.3, 0.4) is 0 Å². The standard InChI is InChI=1S/C23H28O8/c1-14(18(25)26)6-5-10-21(3)17-9-12-22(20(28)31-21)11-7-16(19(27)29-4)8-13-23(17,22)30-15(2)24/h5-7,10,17H,8-9,11-13H2,1-4H3,(H,25,26)/p-1/b10-5+,14-6+/t17-,21+,22+,23-/m0/s1. The number of carbonyl (C=O) groups excluding carboxylic acids is 4. The van der Waals surface area contributed by atoms with Gasteiger partial charge < -0.3 is 24.1 Å². The Morgan fingerprint density at radius 1 is 1.26 bits per heavy atom. The Bertz CT molecular complexity index is 913. The third-order valence-corrected chi connectivity index (χ3v) is 6.96. The summed E-state index contributed by atoms with van der Waals surface area (Å²) in [7, 11) is 1.30. The summed E-state index contributed by atoms with van der Waals surface area (Å²) in [6.07, 6.45) is 8.03. The van der Waals surface area contributed by atoms with Crippen molar-refractivity contribution in [2.75, 3.05) is 7.11 Å². The number of methoxy groups -OCH3 is 1. The predicted molar refractivity (Wildman–Crippen MR) is 106 cm³/mol. The van der Waals surface area contributed by atoms with Crippen LogP contribution in [0.1, 0.15) is 52.9 Å². The fourth-order valence-corrected chi connectivity index (χ4v) is 5.45. The number of aliphatic carboxylic acids is 1. The molecule has 1 aliphatic heterocycles. The van der Waals surface area contributed by atoms with E-state index in [0.29, 0.717) is 24.8 Å². The minimum Gasteiger partial charge on any atom is -0.545 e. The molecule has 0 spiro atoms. The molecule has 0 radical (unpaired) electrons. The second-order valence-electron chi connectivity index (χ2n) is 8.65. The number of carbonyl (C=O) groups is 4. The highest BCUT2D eigenvalue weighted by Gasteiger charge is 2.74. The molecule has 8 nitrogen and oxygen atoms in total. The molecule has 4 atom stereocenters. The smallest absolute Gasteiger partial charge is 0.333 e. The van der Waals surface area contributed by atoms with Gasteiger partial charge in [0.25, 0.3) is 0 Å². The van der Waals surface area contributed by atoms with Gasteiger partial charge in [0.1, 0.15) is 16.6 Å². The first kappa shape index (κ1) is 22.8. The zero-order chi connectivity index (χ0) is 23.0. The largest absolute Gasteiger partial charge is 0.545 e. The molecule has 0 aromatic rings. The van der Waals surface area contributed by atoms with Crippen molar-refractivity contribution < 1.29 is 38.5 Å². The van der Waals surface area contributed by atoms with Crippen molar-refractivity contribution in [1.29, 1.82) is 0 Å². The lowest BCUT2D eigenvalue weighted by molar-refractivity contribution is -0.299. The van der Waals surface area contributed by atoms with Crippen LogP contribution in [0.25, 0.3) is 0 Å². The molecule has 0 unspecified atom stereocenters. The van der Waals surface area contributed by atoms with E-state index in [1.165, 1.54) is 33.1 Å². The minimum absolute atomic E-state index is 0.0267. The summed E-state index contributed by atoms with van der Waals surface area (Å²) in [4.78, 5) is 48.7. The SMILES string of the molecule is COC(=O)C1=CC[C@@]23CC[C@@H]([C@@](C)(/C=C/C=C(\C)C(=O)[O-])OC2=O)[C@@]3(OC(C)=O)CC1. The summed E-state index contributed by atoms with van der Waals surface area (Å²) >= 11 is 0. The Balaban J connectivity index is 2.07. The van der Waals surface area contributed by atoms with Crippen molar-refractivity contribution in [3.8, 4) is 0 Å². The van der Waals surface area contributed by atoms with E-state index in [-0.39, 0.29) is 24.3 Å². The van der Waals surface area contributed by atoms with Gasteiger partial charge in [-0.3, -0.25) is 9.59 Å². The van der Waals surface area contributed by atoms with Crippen LogP contribution in [-0.4, -0.2) is 42.2 Å². The summed E-state index contributed by atoms with van der Waals surface area (Å²) in [5.74, 6) is -3.12. The lowest BCUT2D eigenvalue weighted by atomic mass is 9.62. The van der Waals surface area contributed by atoms with Gasteiger partial charge in [-0.15, -0.1) is 0 Å². The highest BCUT2D eigenvalue weighted by Crippen LogP contribution is 2.65. The molecule has 0 N–H and O–H groups in total. The van der Waals surface area contributed by atoms with Gasteiger partial charge in [0.2, 0.25) is 0 Å². The van der Waals surface area contributed by atoms with Crippen LogP contribution in [0.15, 0.2) is 35.5 Å². The number of esters is 3. The van der Waals surface area contributed by atoms with E-state index in [1.807, 2.05) is 0 Å². The summed E-state index contributed by atoms with van der Waals surface area (Å²) in [5, 5.41) is 10.9. The van der Waals surface area contributed by atoms with Gasteiger partial charge in [0.15, 0.2) is 0 Å². The fourth-order valence-electron chi connectivity index (χ4n) is 5.45. The van der Waals surface area contributed by atoms with E-state index in [0.717, 1.165) is 0 Å². The molecule has 8 heteroatoms. The van der Waals surface area contributed by atoms with Crippen LogP contribution in [0.2, 0.25) is 0 Å². The van der Waals surface area contributed by atoms with E-state index in [9.17, 15) is 24.3 Å². The van der Waals surface area contributed by atoms with Crippen molar-refractivity contribution in [1.82, 2.24) is 0 Å². The van der Waals surface area contributed by atoms with E-state index in [1.54, 1.807) is 19.1 Å². The number of hydrogen-bond donors (Lipinski definition) is 0. The third kappa shape index (κ3) is 3.58. The van der Waals surface area contributed by atoms with Gasteiger partial charge in [-0.25, -0.2) is 4.79 Å². The Labute approximate surface area is 180 Å². The van der Waals surface area contributed by atoms with Crippen molar-refractivity contribution >= 4 is 23.9 Å². The fraction of sp³-hybridized carbons (Fsp3) is 0.565. The number of rotatable bonds is 5. The maximum Gasteiger partial charge on any atom is 0.333 e. The first-order valence-corrected chi connectivity index (χ1v) is 10.3. The molecule has 0 amide bonds. The number of hydrogen-bond acceptors (Lipinski definition) is 8. The van der Waals surface area contributed by atoms with Gasteiger partial charge in [-0.05, 0) is 57.6 Å². The number of carboxylic acid groups (broad SMARTS) is 1. The van der Waals surface area contributed by atoms with Crippen molar-refractivity contribution in [2.24, 2.45) is 11.3 Å². The van der Waals surface area contributed by atoms with Gasteiger partial charge in [-0.1, -0.05) is 18.2 Å². The monoisotopic (exact) mass is 431 g/mol. The lowest BCUT2D eigenvalue weighted by Gasteiger charge is -2.54. The summed E-state index contributed by atoms with van der Waals surface area (Å²) < 4.78 is 16.7. The molecule has 2 aliphatic carbocycles. The van der Waals surface area contributed by atoms with E-state index < -0.39 is 40.5 Å². The normalized spacial score (nSPS) is 35.0. The van der Waals surface area contributed by atoms with Crippen LogP contribution in [-0.2, 0) is 33.4 Å². The molecule has 168 valence electrons. The van der Waals surface area contributed by atoms with Gasteiger partial charge in [0, 0.05) is 18.4 Å². The van der Waals surface area contributed by atoms with Crippen molar-refractivity contribution in [3.05, 3.63) is 35.5 Å². The summed E-state index contributed by atoms with van der Waals surface area (Å²) in [6.45, 7) is 4.44. The lowest BCUT2D eigenvalue weighted by Crippen LogP contribution is -2.65.